The smallest absolute Gasteiger partial charge is 0.0991 e. The van der Waals surface area contributed by atoms with Crippen LogP contribution >= 0.6 is 169 Å². The van der Waals surface area contributed by atoms with Gasteiger partial charge in [-0.2, -0.15) is 5.26 Å². The van der Waals surface area contributed by atoms with Crippen molar-refractivity contribution < 1.29 is 0 Å². The molecule has 0 heterocycles. The highest BCUT2D eigenvalue weighted by molar-refractivity contribution is 14.1. The number of nitrogens with zero attached hydrogens (tertiary/aromatic N) is 4. The Morgan fingerprint density at radius 1 is 0.565 bits per heavy atom. The molecule has 0 N–H and O–H groups in total. The van der Waals surface area contributed by atoms with Gasteiger partial charge in [0.2, 0.25) is 0 Å². The van der Waals surface area contributed by atoms with Gasteiger partial charge in [0, 0.05) is 48.0 Å². The summed E-state index contributed by atoms with van der Waals surface area (Å²) < 4.78 is 10.4. The molecule has 0 saturated heterocycles. The molecule has 0 fully saturated rings. The second-order valence-electron chi connectivity index (χ2n) is 17.2. The second kappa shape index (κ2) is 37.5. The molecule has 6 rings (SSSR count). The first-order chi connectivity index (χ1) is 32.4. The molecule has 14 heteroatoms. The average molecular weight is 1670 g/mol. The molecule has 0 radical (unpaired) electrons. The van der Waals surface area contributed by atoms with Gasteiger partial charge in [-0.25, -0.2) is 0 Å². The largest absolute Gasteiger partial charge is 0.309 e. The van der Waals surface area contributed by atoms with E-state index in [1.165, 1.54) is 73.5 Å². The second-order valence-corrected chi connectivity index (χ2v) is 33.5. The fourth-order valence-electron chi connectivity index (χ4n) is 5.87. The number of likely N-dealkylation sites (N-methyl/N-ethyl adjacent to an activating group) is 2. The van der Waals surface area contributed by atoms with Crippen molar-refractivity contribution in [3.63, 3.8) is 0 Å². The predicted molar refractivity (Wildman–Crippen MR) is 368 cm³/mol. The van der Waals surface area contributed by atoms with Crippen LogP contribution in [0.15, 0.2) is 115 Å². The van der Waals surface area contributed by atoms with Gasteiger partial charge in [-0.3, -0.25) is 4.67 Å². The highest BCUT2D eigenvalue weighted by Crippen LogP contribution is 2.68. The van der Waals surface area contributed by atoms with E-state index in [2.05, 4.69) is 356 Å². The average Bonchev–Trinajstić information content (AvgIpc) is 3.29. The van der Waals surface area contributed by atoms with Gasteiger partial charge in [-0.05, 0) is 344 Å². The van der Waals surface area contributed by atoms with Gasteiger partial charge in [0.1, 0.15) is 0 Å². The third kappa shape index (κ3) is 30.2. The zero-order valence-electron chi connectivity index (χ0n) is 42.5. The van der Waals surface area contributed by atoms with E-state index in [4.69, 9.17) is 5.26 Å². The van der Waals surface area contributed by atoms with E-state index >= 15 is 0 Å². The van der Waals surface area contributed by atoms with Crippen LogP contribution in [-0.4, -0.2) is 62.3 Å². The normalized spacial score (nSPS) is 11.4. The Balaban J connectivity index is 0.000000424. The molecule has 5 atom stereocenters. The number of halogens is 6. The lowest BCUT2D eigenvalue weighted by Gasteiger charge is -2.30. The highest BCUT2D eigenvalue weighted by Gasteiger charge is 2.16. The SMILES string of the molecule is CN(C)Cc1ccc(I)cc1.Cc1cc(I)c(CCN(C)C)cc1C.Cc1cc(I)c(C[C@@H](C)N(C)P(P)PP)cc1C.Cc1ccc(C)c(I)c1.Cc1ccc(I)cc1.N#Cc1cccc(I)c1. The zero-order chi connectivity index (χ0) is 52.4. The minimum Gasteiger partial charge on any atom is -0.309 e. The highest BCUT2D eigenvalue weighted by atomic mass is 127. The molecule has 6 aromatic rings. The van der Waals surface area contributed by atoms with Crippen molar-refractivity contribution in [2.45, 2.75) is 80.8 Å². The van der Waals surface area contributed by atoms with Crippen LogP contribution in [0, 0.1) is 81.2 Å². The van der Waals surface area contributed by atoms with E-state index in [9.17, 15) is 0 Å². The minimum atomic E-state index is -0.0604. The lowest BCUT2D eigenvalue weighted by atomic mass is 10.0. The van der Waals surface area contributed by atoms with E-state index in [0.29, 0.717) is 6.04 Å². The summed E-state index contributed by atoms with van der Waals surface area (Å²) in [5, 5.41) is 8.41. The number of benzene rings is 6. The molecule has 0 bridgehead atoms. The molecule has 0 aromatic heterocycles. The van der Waals surface area contributed by atoms with Crippen LogP contribution in [0.5, 0.6) is 0 Å². The first kappa shape index (κ1) is 67.8. The molecular weight excluding hydrogens is 1600 g/mol. The third-order valence-electron chi connectivity index (χ3n) is 10.5. The van der Waals surface area contributed by atoms with Gasteiger partial charge in [-0.1, -0.05) is 82.6 Å². The molecular formula is C55H72I6N4P4. The molecule has 6 aromatic carbocycles. The maximum Gasteiger partial charge on any atom is 0.0991 e. The van der Waals surface area contributed by atoms with Crippen LogP contribution in [0.2, 0.25) is 0 Å². The summed E-state index contributed by atoms with van der Waals surface area (Å²) in [5.74, 6) is 0. The standard InChI is InChI=1S/C12H22INP4.C12H18IN.C9H12IN.C8H9I.C7H4IN.C7H7I/c1-8-5-11(12(13)6-9(8)2)7-10(3)14(4)18(16)17-15;1-9-7-11(5-6-14(3)4)12(13)8-10(9)2;1-11(2)7-8-3-5-9(10)6-4-8;1-6-3-4-7(2)8(9)5-6;8-7-3-1-2-6(4-7)5-9;1-6-2-4-7(8)5-3-6/h5-6,10,17H,7,15-16H2,1-4H3;7-8H,5-6H2,1-4H3;3-6H,7H2,1-2H3;3-5H,1-2H3;1-4H;2-5H,1H3/t10-,18?;;;;;/m1...../s1. The van der Waals surface area contributed by atoms with E-state index in [1.54, 1.807) is 6.07 Å². The summed E-state index contributed by atoms with van der Waals surface area (Å²) in [6.45, 7) is 19.6. The number of hydrogen-bond acceptors (Lipinski definition) is 4. The third-order valence-corrected chi connectivity index (χ3v) is 26.3. The van der Waals surface area contributed by atoms with Crippen molar-refractivity contribution in [2.75, 3.05) is 41.8 Å². The molecule has 69 heavy (non-hydrogen) atoms. The van der Waals surface area contributed by atoms with Crippen LogP contribution in [0.3, 0.4) is 0 Å². The molecule has 0 spiro atoms. The minimum absolute atomic E-state index is 0.0604. The first-order valence-electron chi connectivity index (χ1n) is 22.3. The maximum absolute atomic E-state index is 8.41. The predicted octanol–water partition coefficient (Wildman–Crippen LogP) is 18.4. The molecule has 0 amide bonds. The van der Waals surface area contributed by atoms with Crippen LogP contribution in [0.25, 0.3) is 0 Å². The zero-order valence-corrected chi connectivity index (χ0v) is 59.7. The number of rotatable bonds is 10. The van der Waals surface area contributed by atoms with Gasteiger partial charge in [0.05, 0.1) is 11.6 Å². The van der Waals surface area contributed by atoms with Gasteiger partial charge >= 0.3 is 0 Å². The summed E-state index contributed by atoms with van der Waals surface area (Å²) in [6, 6.07) is 42.9. The Hall–Kier alpha value is 0.790. The van der Waals surface area contributed by atoms with E-state index in [0.717, 1.165) is 43.0 Å². The van der Waals surface area contributed by atoms with Crippen LogP contribution in [0.4, 0.5) is 0 Å². The number of hydrogen-bond donors (Lipinski definition) is 0. The summed E-state index contributed by atoms with van der Waals surface area (Å²) in [6.07, 6.45) is 2.28. The van der Waals surface area contributed by atoms with Gasteiger partial charge in [0.15, 0.2) is 0 Å². The van der Waals surface area contributed by atoms with E-state index in [1.807, 2.05) is 18.2 Å². The molecule has 4 nitrogen and oxygen atoms in total. The topological polar surface area (TPSA) is 33.5 Å². The monoisotopic (exact) mass is 1670 g/mol. The Labute approximate surface area is 508 Å². The Morgan fingerprint density at radius 2 is 1.06 bits per heavy atom. The van der Waals surface area contributed by atoms with E-state index in [-0.39, 0.29) is 7.45 Å². The first-order valence-corrected chi connectivity index (χ1v) is 35.3. The lowest BCUT2D eigenvalue weighted by Crippen LogP contribution is -2.24. The Morgan fingerprint density at radius 3 is 1.49 bits per heavy atom. The van der Waals surface area contributed by atoms with Gasteiger partial charge < -0.3 is 9.80 Å². The van der Waals surface area contributed by atoms with Crippen LogP contribution in [0.1, 0.15) is 68.1 Å². The lowest BCUT2D eigenvalue weighted by molar-refractivity contribution is 0.402. The summed E-state index contributed by atoms with van der Waals surface area (Å²) >= 11 is 14.0. The molecule has 374 valence electrons. The van der Waals surface area contributed by atoms with Crippen LogP contribution in [-0.2, 0) is 19.4 Å². The Bertz CT molecular complexity index is 2440. The molecule has 0 aliphatic carbocycles. The number of aryl methyl sites for hydroxylation is 7. The maximum atomic E-state index is 8.41. The molecule has 4 unspecified atom stereocenters. The van der Waals surface area contributed by atoms with Gasteiger partial charge in [-0.15, -0.1) is 8.93 Å². The summed E-state index contributed by atoms with van der Waals surface area (Å²) in [4.78, 5) is 4.40. The molecule has 0 aliphatic heterocycles. The van der Waals surface area contributed by atoms with Crippen molar-refractivity contribution in [1.82, 2.24) is 14.5 Å². The van der Waals surface area contributed by atoms with E-state index < -0.39 is 0 Å². The summed E-state index contributed by atoms with van der Waals surface area (Å²) in [7, 11) is 17.4. The fourth-order valence-corrected chi connectivity index (χ4v) is 13.7. The van der Waals surface area contributed by atoms with Crippen molar-refractivity contribution in [3.05, 3.63) is 198 Å². The fraction of sp³-hybridized carbons (Fsp3) is 0.327. The Kier molecular flexibility index (Phi) is 36.9. The molecule has 0 saturated carbocycles. The van der Waals surface area contributed by atoms with Crippen molar-refractivity contribution in [2.24, 2.45) is 0 Å². The molecule has 0 aliphatic rings. The number of nitriles is 1. The van der Waals surface area contributed by atoms with Crippen molar-refractivity contribution >= 4 is 169 Å². The van der Waals surface area contributed by atoms with Gasteiger partial charge in [0.25, 0.3) is 0 Å². The quantitative estimate of drug-likeness (QED) is 0.101. The van der Waals surface area contributed by atoms with Crippen molar-refractivity contribution in [3.8, 4) is 6.07 Å². The van der Waals surface area contributed by atoms with Crippen molar-refractivity contribution in [1.29, 1.82) is 5.26 Å². The summed E-state index contributed by atoms with van der Waals surface area (Å²) in [5.41, 5.74) is 14.7. The van der Waals surface area contributed by atoms with Crippen LogP contribution < -0.4 is 0 Å².